The number of amides is 2. The third-order valence-electron chi connectivity index (χ3n) is 10.4. The number of carbonyl (C=O) groups is 3. The lowest BCUT2D eigenvalue weighted by Gasteiger charge is -2.38. The number of hydrogen-bond donors (Lipinski definition) is 1. The van der Waals surface area contributed by atoms with Crippen molar-refractivity contribution < 1.29 is 33.3 Å². The maximum Gasteiger partial charge on any atom is 0.408 e. The second kappa shape index (κ2) is 14.3. The molecule has 0 radical (unpaired) electrons. The normalized spacial score (nSPS) is 29.2. The van der Waals surface area contributed by atoms with Crippen molar-refractivity contribution in [3.8, 4) is 11.6 Å². The first-order valence-corrected chi connectivity index (χ1v) is 17.2. The van der Waals surface area contributed by atoms with Gasteiger partial charge in [0.25, 0.3) is 0 Å². The molecule has 11 heteroatoms. The lowest BCUT2D eigenvalue weighted by atomic mass is 9.85. The molecule has 0 spiro atoms. The summed E-state index contributed by atoms with van der Waals surface area (Å²) in [7, 11) is 3.25. The molecule has 2 aromatic rings. The molecule has 1 saturated heterocycles. The second-order valence-electron chi connectivity index (χ2n) is 14.6. The first-order chi connectivity index (χ1) is 22.4. The monoisotopic (exact) mass is 652 g/mol. The fourth-order valence-electron chi connectivity index (χ4n) is 7.94. The zero-order chi connectivity index (χ0) is 33.9. The SMILES string of the molecule is CC[C@@H]1[C@@H]2CN(C(=O)[C@H](C(C)(C)C)NC(=O)O[C@]3(COC)CCC[C@H]3CCCCCc3nc4ccc(OC)cc4nc3O2)[C@@H]1C(C)=O. The van der Waals surface area contributed by atoms with Gasteiger partial charge in [-0.2, -0.15) is 0 Å². The number of nitrogens with zero attached hydrogens (tertiary/aromatic N) is 3. The summed E-state index contributed by atoms with van der Waals surface area (Å²) in [6.45, 7) is 9.71. The van der Waals surface area contributed by atoms with Crippen LogP contribution in [0.2, 0.25) is 0 Å². The third-order valence-corrected chi connectivity index (χ3v) is 10.4. The van der Waals surface area contributed by atoms with E-state index in [4.69, 9.17) is 28.9 Å². The molecule has 1 aromatic heterocycles. The number of methoxy groups -OCH3 is 2. The Kier molecular flexibility index (Phi) is 10.6. The Hall–Kier alpha value is -3.47. The van der Waals surface area contributed by atoms with Gasteiger partial charge in [0.05, 0.1) is 37.3 Å². The molecule has 6 atom stereocenters. The molecule has 0 unspecified atom stereocenters. The van der Waals surface area contributed by atoms with Crippen molar-refractivity contribution in [2.75, 3.05) is 27.4 Å². The Morgan fingerprint density at radius 1 is 1.09 bits per heavy atom. The molecular formula is C36H52N4O7. The Balaban J connectivity index is 1.57. The van der Waals surface area contributed by atoms with Gasteiger partial charge in [-0.3, -0.25) is 9.59 Å². The molecular weight excluding hydrogens is 600 g/mol. The van der Waals surface area contributed by atoms with Gasteiger partial charge in [-0.15, -0.1) is 0 Å². The van der Waals surface area contributed by atoms with E-state index in [1.54, 1.807) is 19.1 Å². The van der Waals surface area contributed by atoms with Gasteiger partial charge in [-0.25, -0.2) is 14.8 Å². The zero-order valence-corrected chi connectivity index (χ0v) is 29.1. The van der Waals surface area contributed by atoms with Gasteiger partial charge in [-0.05, 0) is 69.4 Å². The number of aromatic nitrogens is 2. The number of ketones is 1. The van der Waals surface area contributed by atoms with Crippen LogP contribution < -0.4 is 14.8 Å². The molecule has 3 aliphatic rings. The van der Waals surface area contributed by atoms with Crippen LogP contribution in [0.1, 0.15) is 91.7 Å². The molecule has 1 N–H and O–H groups in total. The smallest absolute Gasteiger partial charge is 0.408 e. The van der Waals surface area contributed by atoms with E-state index in [0.717, 1.165) is 49.7 Å². The van der Waals surface area contributed by atoms with E-state index in [0.29, 0.717) is 43.0 Å². The van der Waals surface area contributed by atoms with Gasteiger partial charge in [-0.1, -0.05) is 40.5 Å². The molecule has 11 nitrogen and oxygen atoms in total. The topological polar surface area (TPSA) is 129 Å². The highest BCUT2D eigenvalue weighted by molar-refractivity contribution is 5.92. The number of alkyl carbamates (subject to hydrolysis) is 1. The predicted octanol–water partition coefficient (Wildman–Crippen LogP) is 5.65. The third kappa shape index (κ3) is 7.34. The van der Waals surface area contributed by atoms with Gasteiger partial charge in [0.1, 0.15) is 29.2 Å². The van der Waals surface area contributed by atoms with Crippen LogP contribution in [0.25, 0.3) is 11.0 Å². The lowest BCUT2D eigenvalue weighted by Crippen LogP contribution is -2.58. The average Bonchev–Trinajstić information content (AvgIpc) is 3.59. The van der Waals surface area contributed by atoms with Crippen molar-refractivity contribution >= 4 is 28.8 Å². The molecule has 1 saturated carbocycles. The van der Waals surface area contributed by atoms with Gasteiger partial charge >= 0.3 is 6.09 Å². The minimum absolute atomic E-state index is 0.125. The van der Waals surface area contributed by atoms with E-state index < -0.39 is 35.3 Å². The van der Waals surface area contributed by atoms with Crippen molar-refractivity contribution in [1.82, 2.24) is 20.2 Å². The van der Waals surface area contributed by atoms with E-state index in [-0.39, 0.29) is 30.1 Å². The molecule has 2 bridgehead atoms. The Bertz CT molecular complexity index is 1460. The van der Waals surface area contributed by atoms with Crippen molar-refractivity contribution in [1.29, 1.82) is 0 Å². The van der Waals surface area contributed by atoms with Gasteiger partial charge in [0.15, 0.2) is 5.78 Å². The first-order valence-electron chi connectivity index (χ1n) is 17.2. The number of Topliss-reactive ketones (excluding diaryl/α,β-unsaturated/α-hetero) is 1. The van der Waals surface area contributed by atoms with Crippen molar-refractivity contribution in [3.63, 3.8) is 0 Å². The summed E-state index contributed by atoms with van der Waals surface area (Å²) < 4.78 is 24.0. The molecule has 1 aromatic carbocycles. The molecule has 2 amide bonds. The van der Waals surface area contributed by atoms with E-state index in [1.165, 1.54) is 6.92 Å². The van der Waals surface area contributed by atoms with Gasteiger partial charge in [0.2, 0.25) is 11.8 Å². The molecule has 258 valence electrons. The first kappa shape index (κ1) is 34.9. The Labute approximate surface area is 278 Å². The largest absolute Gasteiger partial charge is 0.497 e. The number of carbonyl (C=O) groups excluding carboxylic acids is 3. The second-order valence-corrected chi connectivity index (χ2v) is 14.6. The standard InChI is InChI=1S/C36H52N4O7/c1-8-25-29-20-40(30(25)22(2)41)33(42)31(35(3,4)5)39-34(43)47-36(21-44-6)18-12-14-23(36)13-10-9-11-15-27-32(46-29)38-28-19-24(45-7)16-17-26(28)37-27/h16-17,19,23,25,29-31H,8-15,18,20-21H2,1-7H3,(H,39,43)/t23-,25-,29+,30-,31-,36+/m1/s1. The Morgan fingerprint density at radius 3 is 2.53 bits per heavy atom. The minimum atomic E-state index is -0.935. The van der Waals surface area contributed by atoms with Crippen LogP contribution in [0.4, 0.5) is 4.79 Å². The number of ether oxygens (including phenoxy) is 4. The summed E-state index contributed by atoms with van der Waals surface area (Å²) in [5, 5.41) is 2.93. The molecule has 3 heterocycles. The quantitative estimate of drug-likeness (QED) is 0.435. The highest BCUT2D eigenvalue weighted by Gasteiger charge is 2.51. The molecule has 2 fully saturated rings. The van der Waals surface area contributed by atoms with Crippen LogP contribution in [0.5, 0.6) is 11.6 Å². The number of rotatable bonds is 5. The Morgan fingerprint density at radius 2 is 1.85 bits per heavy atom. The highest BCUT2D eigenvalue weighted by Crippen LogP contribution is 2.43. The van der Waals surface area contributed by atoms with E-state index in [1.807, 2.05) is 45.9 Å². The summed E-state index contributed by atoms with van der Waals surface area (Å²) in [5.41, 5.74) is 0.746. The van der Waals surface area contributed by atoms with E-state index >= 15 is 0 Å². The van der Waals surface area contributed by atoms with Gasteiger partial charge in [0, 0.05) is 25.0 Å². The summed E-state index contributed by atoms with van der Waals surface area (Å²) in [6.07, 6.45) is 6.47. The number of fused-ring (bicyclic) bond motifs is 5. The number of nitrogens with one attached hydrogen (secondary N) is 1. The summed E-state index contributed by atoms with van der Waals surface area (Å²) in [6, 6.07) is 3.97. The van der Waals surface area contributed by atoms with E-state index in [9.17, 15) is 14.4 Å². The number of aryl methyl sites for hydroxylation is 1. The maximum atomic E-state index is 14.5. The lowest BCUT2D eigenvalue weighted by molar-refractivity contribution is -0.142. The summed E-state index contributed by atoms with van der Waals surface area (Å²) in [5.74, 6) is 0.515. The average molecular weight is 653 g/mol. The zero-order valence-electron chi connectivity index (χ0n) is 29.1. The van der Waals surface area contributed by atoms with E-state index in [2.05, 4.69) is 5.32 Å². The van der Waals surface area contributed by atoms with Crippen molar-refractivity contribution in [2.45, 2.75) is 116 Å². The predicted molar refractivity (Wildman–Crippen MR) is 177 cm³/mol. The summed E-state index contributed by atoms with van der Waals surface area (Å²) >= 11 is 0. The molecule has 5 rings (SSSR count). The van der Waals surface area contributed by atoms with Crippen molar-refractivity contribution in [3.05, 3.63) is 23.9 Å². The molecule has 2 aliphatic heterocycles. The van der Waals surface area contributed by atoms with Crippen LogP contribution in [0.3, 0.4) is 0 Å². The van der Waals surface area contributed by atoms with Crippen molar-refractivity contribution in [2.24, 2.45) is 17.3 Å². The van der Waals surface area contributed by atoms with Crippen LogP contribution in [0.15, 0.2) is 18.2 Å². The number of hydrogen-bond acceptors (Lipinski definition) is 9. The van der Waals surface area contributed by atoms with Gasteiger partial charge < -0.3 is 29.2 Å². The van der Waals surface area contributed by atoms with Crippen LogP contribution in [-0.4, -0.2) is 83.8 Å². The number of benzene rings is 1. The minimum Gasteiger partial charge on any atom is -0.497 e. The fraction of sp³-hybridized carbons (Fsp3) is 0.694. The molecule has 1 aliphatic carbocycles. The fourth-order valence-corrected chi connectivity index (χ4v) is 7.94. The van der Waals surface area contributed by atoms with Crippen LogP contribution in [-0.2, 0) is 25.5 Å². The van der Waals surface area contributed by atoms with Crippen LogP contribution >= 0.6 is 0 Å². The highest BCUT2D eigenvalue weighted by atomic mass is 16.6. The summed E-state index contributed by atoms with van der Waals surface area (Å²) in [4.78, 5) is 52.9. The van der Waals surface area contributed by atoms with Crippen LogP contribution in [0, 0.1) is 17.3 Å². The maximum absolute atomic E-state index is 14.5. The molecule has 47 heavy (non-hydrogen) atoms.